The molecule has 1 aliphatic heterocycles. The van der Waals surface area contributed by atoms with Gasteiger partial charge in [-0.05, 0) is 51.3 Å². The predicted molar refractivity (Wildman–Crippen MR) is 111 cm³/mol. The number of H-pyrrole nitrogens is 1. The fourth-order valence-corrected chi connectivity index (χ4v) is 4.29. The van der Waals surface area contributed by atoms with E-state index in [1.165, 1.54) is 0 Å². The second-order valence-electron chi connectivity index (χ2n) is 8.09. The summed E-state index contributed by atoms with van der Waals surface area (Å²) in [5, 5.41) is 3.11. The van der Waals surface area contributed by atoms with Crippen molar-refractivity contribution in [2.75, 3.05) is 37.7 Å². The summed E-state index contributed by atoms with van der Waals surface area (Å²) < 4.78 is 35.5. The Morgan fingerprint density at radius 2 is 2.07 bits per heavy atom. The maximum Gasteiger partial charge on any atom is 0.343 e. The van der Waals surface area contributed by atoms with Crippen LogP contribution < -0.4 is 15.6 Å². The van der Waals surface area contributed by atoms with Crippen molar-refractivity contribution >= 4 is 22.6 Å². The summed E-state index contributed by atoms with van der Waals surface area (Å²) in [5.74, 6) is -2.01. The minimum atomic E-state index is -0.788. The number of carbonyl (C=O) groups excluding carboxylic acids is 1. The van der Waals surface area contributed by atoms with Crippen molar-refractivity contribution < 1.29 is 18.3 Å². The lowest BCUT2D eigenvalue weighted by molar-refractivity contribution is 0.0523. The van der Waals surface area contributed by atoms with Crippen LogP contribution in [0.3, 0.4) is 0 Å². The van der Waals surface area contributed by atoms with Crippen molar-refractivity contribution in [2.24, 2.45) is 5.92 Å². The van der Waals surface area contributed by atoms with Crippen molar-refractivity contribution in [3.05, 3.63) is 39.2 Å². The first-order valence-electron chi connectivity index (χ1n) is 10.7. The van der Waals surface area contributed by atoms with Gasteiger partial charge in [-0.2, -0.15) is 0 Å². The largest absolute Gasteiger partial charge is 0.462 e. The SMILES string of the molecule is CCNCC1CCN(c2c(F)cc3c(=O)c(C(=O)OCC)c(C4CC4)[nH]c3c2F)C1. The fourth-order valence-electron chi connectivity index (χ4n) is 4.29. The number of halogens is 2. The first kappa shape index (κ1) is 20.8. The Morgan fingerprint density at radius 3 is 2.73 bits per heavy atom. The van der Waals surface area contributed by atoms with Crippen LogP contribution >= 0.6 is 0 Å². The van der Waals surface area contributed by atoms with Crippen LogP contribution in [0.4, 0.5) is 14.5 Å². The third-order valence-corrected chi connectivity index (χ3v) is 5.94. The molecule has 1 aromatic heterocycles. The van der Waals surface area contributed by atoms with Crippen LogP contribution in [-0.4, -0.2) is 43.7 Å². The van der Waals surface area contributed by atoms with Crippen molar-refractivity contribution in [3.63, 3.8) is 0 Å². The number of anilines is 1. The van der Waals surface area contributed by atoms with E-state index >= 15 is 4.39 Å². The van der Waals surface area contributed by atoms with Crippen LogP contribution in [0.1, 0.15) is 55.1 Å². The monoisotopic (exact) mass is 419 g/mol. The highest BCUT2D eigenvalue weighted by molar-refractivity contribution is 5.96. The number of rotatable bonds is 7. The summed E-state index contributed by atoms with van der Waals surface area (Å²) in [6.45, 7) is 6.54. The van der Waals surface area contributed by atoms with Gasteiger partial charge in [0.1, 0.15) is 17.1 Å². The van der Waals surface area contributed by atoms with Gasteiger partial charge in [-0.15, -0.1) is 0 Å². The number of nitrogens with zero attached hydrogens (tertiary/aromatic N) is 1. The zero-order valence-electron chi connectivity index (χ0n) is 17.3. The average Bonchev–Trinajstić information content (AvgIpc) is 3.46. The number of benzene rings is 1. The summed E-state index contributed by atoms with van der Waals surface area (Å²) in [4.78, 5) is 30.1. The summed E-state index contributed by atoms with van der Waals surface area (Å²) in [6.07, 6.45) is 2.46. The van der Waals surface area contributed by atoms with Gasteiger partial charge in [0.15, 0.2) is 5.82 Å². The number of pyridine rings is 1. The third-order valence-electron chi connectivity index (χ3n) is 5.94. The van der Waals surface area contributed by atoms with Gasteiger partial charge in [0.05, 0.1) is 17.5 Å². The second kappa shape index (κ2) is 8.34. The molecule has 1 saturated heterocycles. The van der Waals surface area contributed by atoms with Gasteiger partial charge in [0.2, 0.25) is 5.43 Å². The van der Waals surface area contributed by atoms with E-state index in [1.807, 2.05) is 6.92 Å². The van der Waals surface area contributed by atoms with Crippen molar-refractivity contribution in [2.45, 2.75) is 39.0 Å². The highest BCUT2D eigenvalue weighted by Crippen LogP contribution is 2.41. The lowest BCUT2D eigenvalue weighted by Gasteiger charge is -2.21. The van der Waals surface area contributed by atoms with Gasteiger partial charge in [-0.25, -0.2) is 13.6 Å². The summed E-state index contributed by atoms with van der Waals surface area (Å²) in [5.41, 5.74) is -0.566. The Bertz CT molecular complexity index is 1030. The molecule has 1 unspecified atom stereocenters. The number of aromatic nitrogens is 1. The van der Waals surface area contributed by atoms with Gasteiger partial charge >= 0.3 is 5.97 Å². The number of ether oxygens (including phenoxy) is 1. The Hall–Kier alpha value is -2.48. The second-order valence-corrected chi connectivity index (χ2v) is 8.09. The van der Waals surface area contributed by atoms with Crippen LogP contribution in [0.5, 0.6) is 0 Å². The number of esters is 1. The molecule has 6 nitrogen and oxygen atoms in total. The molecule has 2 heterocycles. The highest BCUT2D eigenvalue weighted by atomic mass is 19.1. The summed E-state index contributed by atoms with van der Waals surface area (Å²) in [7, 11) is 0. The Morgan fingerprint density at radius 1 is 1.30 bits per heavy atom. The van der Waals surface area contributed by atoms with Gasteiger partial charge < -0.3 is 19.9 Å². The van der Waals surface area contributed by atoms with Crippen LogP contribution in [0.15, 0.2) is 10.9 Å². The van der Waals surface area contributed by atoms with Crippen LogP contribution in [0.25, 0.3) is 10.9 Å². The third kappa shape index (κ3) is 3.69. The molecule has 8 heteroatoms. The predicted octanol–water partition coefficient (Wildman–Crippen LogP) is 3.30. The van der Waals surface area contributed by atoms with E-state index < -0.39 is 23.0 Å². The topological polar surface area (TPSA) is 74.4 Å². The Kier molecular flexibility index (Phi) is 5.77. The van der Waals surface area contributed by atoms with E-state index in [9.17, 15) is 14.0 Å². The van der Waals surface area contributed by atoms with Gasteiger partial charge in [-0.1, -0.05) is 6.92 Å². The van der Waals surface area contributed by atoms with Crippen molar-refractivity contribution in [1.29, 1.82) is 0 Å². The maximum absolute atomic E-state index is 15.5. The molecule has 2 aliphatic rings. The molecule has 162 valence electrons. The number of hydrogen-bond donors (Lipinski definition) is 2. The fraction of sp³-hybridized carbons (Fsp3) is 0.545. The number of fused-ring (bicyclic) bond motifs is 1. The van der Waals surface area contributed by atoms with E-state index in [1.54, 1.807) is 11.8 Å². The van der Waals surface area contributed by atoms with E-state index in [0.29, 0.717) is 24.7 Å². The molecular formula is C22H27F2N3O3. The quantitative estimate of drug-likeness (QED) is 0.674. The number of aromatic amines is 1. The molecule has 2 fully saturated rings. The average molecular weight is 419 g/mol. The molecule has 0 spiro atoms. The molecule has 30 heavy (non-hydrogen) atoms. The lowest BCUT2D eigenvalue weighted by atomic mass is 10.0. The molecule has 1 atom stereocenters. The molecular weight excluding hydrogens is 392 g/mol. The highest BCUT2D eigenvalue weighted by Gasteiger charge is 2.34. The van der Waals surface area contributed by atoms with Crippen LogP contribution in [0.2, 0.25) is 0 Å². The Balaban J connectivity index is 1.80. The van der Waals surface area contributed by atoms with E-state index in [0.717, 1.165) is 38.4 Å². The van der Waals surface area contributed by atoms with Crippen molar-refractivity contribution in [1.82, 2.24) is 10.3 Å². The van der Waals surface area contributed by atoms with Crippen LogP contribution in [0, 0.1) is 17.6 Å². The number of carbonyl (C=O) groups is 1. The lowest BCUT2D eigenvalue weighted by Crippen LogP contribution is -2.28. The van der Waals surface area contributed by atoms with Gasteiger partial charge in [0, 0.05) is 24.7 Å². The normalized spacial score (nSPS) is 18.9. The molecule has 0 bridgehead atoms. The molecule has 4 rings (SSSR count). The smallest absolute Gasteiger partial charge is 0.343 e. The molecule has 1 aliphatic carbocycles. The molecule has 0 amide bonds. The minimum absolute atomic E-state index is 0.00862. The first-order valence-corrected chi connectivity index (χ1v) is 10.7. The Labute approximate surface area is 173 Å². The molecule has 1 saturated carbocycles. The maximum atomic E-state index is 15.5. The first-order chi connectivity index (χ1) is 14.5. The summed E-state index contributed by atoms with van der Waals surface area (Å²) >= 11 is 0. The standard InChI is InChI=1S/C22H27F2N3O3/c1-3-25-10-12-7-8-27(11-12)20-15(23)9-14-19(17(20)24)26-18(13-5-6-13)16(21(14)28)22(29)30-4-2/h9,12-13,25H,3-8,10-11H2,1-2H3,(H,26,28). The number of nitrogens with one attached hydrogen (secondary N) is 2. The zero-order valence-corrected chi connectivity index (χ0v) is 17.3. The van der Waals surface area contributed by atoms with Crippen molar-refractivity contribution in [3.8, 4) is 0 Å². The molecule has 0 radical (unpaired) electrons. The van der Waals surface area contributed by atoms with E-state index in [4.69, 9.17) is 4.74 Å². The number of hydrogen-bond acceptors (Lipinski definition) is 5. The van der Waals surface area contributed by atoms with Gasteiger partial charge in [-0.3, -0.25) is 4.79 Å². The molecule has 2 aromatic rings. The van der Waals surface area contributed by atoms with E-state index in [-0.39, 0.29) is 34.7 Å². The van der Waals surface area contributed by atoms with E-state index in [2.05, 4.69) is 10.3 Å². The van der Waals surface area contributed by atoms with Gasteiger partial charge in [0.25, 0.3) is 0 Å². The minimum Gasteiger partial charge on any atom is -0.462 e. The summed E-state index contributed by atoms with van der Waals surface area (Å²) in [6, 6.07) is 1.05. The molecule has 1 aromatic carbocycles. The van der Waals surface area contributed by atoms with Crippen LogP contribution in [-0.2, 0) is 4.74 Å². The molecule has 2 N–H and O–H groups in total. The zero-order chi connectivity index (χ0) is 21.4.